The van der Waals surface area contributed by atoms with Crippen molar-refractivity contribution in [2.75, 3.05) is 26.0 Å². The molecule has 0 bridgehead atoms. The maximum absolute atomic E-state index is 12.6. The lowest BCUT2D eigenvalue weighted by molar-refractivity contribution is -0.130. The molecule has 0 aliphatic rings. The van der Waals surface area contributed by atoms with Crippen molar-refractivity contribution in [3.63, 3.8) is 0 Å². The second kappa shape index (κ2) is 9.88. The van der Waals surface area contributed by atoms with E-state index in [0.717, 1.165) is 5.56 Å². The Morgan fingerprint density at radius 1 is 1.13 bits per heavy atom. The number of aromatic nitrogens is 2. The summed E-state index contributed by atoms with van der Waals surface area (Å²) in [6.45, 7) is 2.29. The van der Waals surface area contributed by atoms with Gasteiger partial charge in [0.2, 0.25) is 5.91 Å². The molecule has 3 aromatic rings. The number of carbonyl (C=O) groups excluding carboxylic acids is 2. The zero-order chi connectivity index (χ0) is 22.4. The summed E-state index contributed by atoms with van der Waals surface area (Å²) in [6, 6.07) is 12.4. The Balaban J connectivity index is 1.49. The molecule has 0 saturated heterocycles. The van der Waals surface area contributed by atoms with E-state index < -0.39 is 0 Å². The molecule has 0 atom stereocenters. The summed E-state index contributed by atoms with van der Waals surface area (Å²) >= 11 is 0. The zero-order valence-corrected chi connectivity index (χ0v) is 17.9. The number of carbonyl (C=O) groups is 2. The van der Waals surface area contributed by atoms with E-state index in [2.05, 4.69) is 10.3 Å². The van der Waals surface area contributed by atoms with Crippen molar-refractivity contribution < 1.29 is 14.3 Å². The van der Waals surface area contributed by atoms with E-state index in [1.807, 2.05) is 19.1 Å². The van der Waals surface area contributed by atoms with Crippen LogP contribution in [-0.4, -0.2) is 47.0 Å². The summed E-state index contributed by atoms with van der Waals surface area (Å²) in [5, 5.41) is 3.40. The number of anilines is 1. The number of nitrogens with one attached hydrogen (secondary N) is 1. The van der Waals surface area contributed by atoms with Gasteiger partial charge in [-0.3, -0.25) is 19.0 Å². The van der Waals surface area contributed by atoms with Crippen molar-refractivity contribution in [3.8, 4) is 5.75 Å². The van der Waals surface area contributed by atoms with E-state index in [1.165, 1.54) is 15.8 Å². The molecule has 3 rings (SSSR count). The molecule has 0 aliphatic carbocycles. The molecule has 31 heavy (non-hydrogen) atoms. The molecule has 0 radical (unpaired) electrons. The molecular formula is C23H26N4O4. The van der Waals surface area contributed by atoms with Crippen LogP contribution in [0.5, 0.6) is 5.75 Å². The van der Waals surface area contributed by atoms with Crippen LogP contribution in [0.2, 0.25) is 0 Å². The van der Waals surface area contributed by atoms with Crippen LogP contribution in [0.3, 0.4) is 0 Å². The molecule has 0 fully saturated rings. The first-order valence-electron chi connectivity index (χ1n) is 10.0. The highest BCUT2D eigenvalue weighted by Gasteiger charge is 2.08. The van der Waals surface area contributed by atoms with Crippen molar-refractivity contribution in [2.45, 2.75) is 26.3 Å². The second-order valence-electron chi connectivity index (χ2n) is 7.47. The van der Waals surface area contributed by atoms with Gasteiger partial charge in [0, 0.05) is 32.7 Å². The Morgan fingerprint density at radius 2 is 1.87 bits per heavy atom. The predicted molar refractivity (Wildman–Crippen MR) is 119 cm³/mol. The molecule has 1 heterocycles. The molecule has 0 spiro atoms. The molecular weight excluding hydrogens is 396 g/mol. The maximum atomic E-state index is 12.6. The van der Waals surface area contributed by atoms with Crippen molar-refractivity contribution in [1.29, 1.82) is 0 Å². The molecule has 8 nitrogen and oxygen atoms in total. The molecule has 2 amide bonds. The molecule has 8 heteroatoms. The van der Waals surface area contributed by atoms with Crippen LogP contribution < -0.4 is 15.6 Å². The quantitative estimate of drug-likeness (QED) is 0.602. The summed E-state index contributed by atoms with van der Waals surface area (Å²) in [5.41, 5.74) is 2.20. The van der Waals surface area contributed by atoms with Crippen molar-refractivity contribution in [3.05, 3.63) is 64.7 Å². The summed E-state index contributed by atoms with van der Waals surface area (Å²) < 4.78 is 6.95. The first-order valence-corrected chi connectivity index (χ1v) is 10.0. The van der Waals surface area contributed by atoms with Crippen LogP contribution in [0.1, 0.15) is 18.4 Å². The van der Waals surface area contributed by atoms with Crippen LogP contribution in [0, 0.1) is 6.92 Å². The van der Waals surface area contributed by atoms with Gasteiger partial charge in [-0.25, -0.2) is 4.98 Å². The average Bonchev–Trinajstić information content (AvgIpc) is 2.75. The van der Waals surface area contributed by atoms with Gasteiger partial charge in [-0.15, -0.1) is 0 Å². The largest absolute Gasteiger partial charge is 0.484 e. The topological polar surface area (TPSA) is 93.5 Å². The van der Waals surface area contributed by atoms with Gasteiger partial charge in [-0.05, 0) is 49.2 Å². The number of ether oxygens (including phenoxy) is 1. The second-order valence-corrected chi connectivity index (χ2v) is 7.47. The number of amides is 2. The minimum Gasteiger partial charge on any atom is -0.484 e. The normalized spacial score (nSPS) is 10.7. The van der Waals surface area contributed by atoms with Gasteiger partial charge in [0.1, 0.15) is 5.75 Å². The number of benzene rings is 2. The van der Waals surface area contributed by atoms with Crippen LogP contribution in [0.15, 0.2) is 53.6 Å². The van der Waals surface area contributed by atoms with Gasteiger partial charge in [0.05, 0.1) is 17.2 Å². The van der Waals surface area contributed by atoms with E-state index in [4.69, 9.17) is 4.74 Å². The summed E-state index contributed by atoms with van der Waals surface area (Å²) in [6.07, 6.45) is 2.32. The number of hydrogen-bond donors (Lipinski definition) is 1. The number of likely N-dealkylation sites (N-methyl/N-ethyl adjacent to an activating group) is 1. The Bertz CT molecular complexity index is 1140. The van der Waals surface area contributed by atoms with E-state index in [0.29, 0.717) is 35.3 Å². The maximum Gasteiger partial charge on any atom is 0.261 e. The van der Waals surface area contributed by atoms with Crippen LogP contribution in [0.4, 0.5) is 5.69 Å². The van der Waals surface area contributed by atoms with Gasteiger partial charge >= 0.3 is 0 Å². The van der Waals surface area contributed by atoms with E-state index in [-0.39, 0.29) is 30.4 Å². The van der Waals surface area contributed by atoms with E-state index >= 15 is 0 Å². The smallest absolute Gasteiger partial charge is 0.261 e. The lowest BCUT2D eigenvalue weighted by Gasteiger charge is -2.12. The number of para-hydroxylation sites is 1. The zero-order valence-electron chi connectivity index (χ0n) is 17.9. The SMILES string of the molecule is Cc1cccc2c(=O)n(CCCC(=O)Nc3ccc(OCC(=O)N(C)C)cc3)cnc12. The van der Waals surface area contributed by atoms with Gasteiger partial charge < -0.3 is 15.0 Å². The molecule has 0 saturated carbocycles. The molecule has 1 N–H and O–H groups in total. The number of hydrogen-bond acceptors (Lipinski definition) is 5. The number of nitrogens with zero attached hydrogens (tertiary/aromatic N) is 3. The molecule has 0 aliphatic heterocycles. The third-order valence-electron chi connectivity index (χ3n) is 4.86. The Kier molecular flexibility index (Phi) is 7.02. The fraction of sp³-hybridized carbons (Fsp3) is 0.304. The van der Waals surface area contributed by atoms with Crippen molar-refractivity contribution in [1.82, 2.24) is 14.5 Å². The highest BCUT2D eigenvalue weighted by Crippen LogP contribution is 2.16. The predicted octanol–water partition coefficient (Wildman–Crippen LogP) is 2.59. The van der Waals surface area contributed by atoms with Gasteiger partial charge in [0.25, 0.3) is 11.5 Å². The third-order valence-corrected chi connectivity index (χ3v) is 4.86. The van der Waals surface area contributed by atoms with Crippen molar-refractivity contribution in [2.24, 2.45) is 0 Å². The standard InChI is InChI=1S/C23H26N4O4/c1-16-6-4-7-19-22(16)24-15-27(23(19)30)13-5-8-20(28)25-17-9-11-18(12-10-17)31-14-21(29)26(2)3/h4,6-7,9-12,15H,5,8,13-14H2,1-3H3,(H,25,28). The summed E-state index contributed by atoms with van der Waals surface area (Å²) in [7, 11) is 3.33. The Morgan fingerprint density at radius 3 is 2.58 bits per heavy atom. The van der Waals surface area contributed by atoms with Crippen molar-refractivity contribution >= 4 is 28.4 Å². The van der Waals surface area contributed by atoms with Crippen LogP contribution in [0.25, 0.3) is 10.9 Å². The summed E-state index contributed by atoms with van der Waals surface area (Å²) in [5.74, 6) is 0.272. The highest BCUT2D eigenvalue weighted by atomic mass is 16.5. The van der Waals surface area contributed by atoms with Crippen LogP contribution >= 0.6 is 0 Å². The lowest BCUT2D eigenvalue weighted by Crippen LogP contribution is -2.27. The summed E-state index contributed by atoms with van der Waals surface area (Å²) in [4.78, 5) is 42.2. The minimum atomic E-state index is -0.144. The van der Waals surface area contributed by atoms with E-state index in [1.54, 1.807) is 44.4 Å². The number of aryl methyl sites for hydroxylation is 2. The molecule has 0 unspecified atom stereocenters. The lowest BCUT2D eigenvalue weighted by atomic mass is 10.1. The average molecular weight is 422 g/mol. The fourth-order valence-electron chi connectivity index (χ4n) is 3.04. The third kappa shape index (κ3) is 5.69. The van der Waals surface area contributed by atoms with Crippen LogP contribution in [-0.2, 0) is 16.1 Å². The number of fused-ring (bicyclic) bond motifs is 1. The van der Waals surface area contributed by atoms with Gasteiger partial charge in [0.15, 0.2) is 6.61 Å². The highest BCUT2D eigenvalue weighted by molar-refractivity contribution is 5.90. The Labute approximate surface area is 180 Å². The monoisotopic (exact) mass is 422 g/mol. The molecule has 1 aromatic heterocycles. The molecule has 162 valence electrons. The fourth-order valence-corrected chi connectivity index (χ4v) is 3.04. The molecule has 2 aromatic carbocycles. The minimum absolute atomic E-state index is 0.0404. The van der Waals surface area contributed by atoms with E-state index in [9.17, 15) is 14.4 Å². The number of rotatable bonds is 8. The first-order chi connectivity index (χ1) is 14.8. The van der Waals surface area contributed by atoms with Gasteiger partial charge in [-0.2, -0.15) is 0 Å². The van der Waals surface area contributed by atoms with Gasteiger partial charge in [-0.1, -0.05) is 12.1 Å². The Hall–Kier alpha value is -3.68. The first kappa shape index (κ1) is 22.0.